The lowest BCUT2D eigenvalue weighted by molar-refractivity contribution is -0.124. The fraction of sp³-hybridized carbons (Fsp3) is 0.500. The molecule has 0 saturated carbocycles. The molecule has 6 rings (SSSR count). The van der Waals surface area contributed by atoms with Gasteiger partial charge in [-0.05, 0) is 101 Å². The van der Waals surface area contributed by atoms with E-state index in [-0.39, 0.29) is 58.2 Å². The predicted octanol–water partition coefficient (Wildman–Crippen LogP) is 9.75. The van der Waals surface area contributed by atoms with Crippen molar-refractivity contribution in [3.63, 3.8) is 0 Å². The highest BCUT2D eigenvalue weighted by Gasteiger charge is 2.29. The van der Waals surface area contributed by atoms with Gasteiger partial charge in [-0.3, -0.25) is 9.59 Å². The first-order chi connectivity index (χ1) is 27.9. The standard InChI is InChI=1S/C52H68N2O6/c1-49(2,3)39-21-31-17-35-25-41(51(7,8)9)27-37-19-33-23-40(50(4,5)6)24-34(46(33)58)20-38-28-42(52(10,11)12)26-36(18-32(22-39)45(31)57)48(38)60-30-44(56)54-16-14-13-15-53-43(55)29-59-47(35)37/h21-28,57-58H,13-20,29-30H2,1-12H3,(H,53,55)(H,54,56). The van der Waals surface area contributed by atoms with Crippen LogP contribution in [0.2, 0.25) is 0 Å². The SMILES string of the molecule is CC(C)(C)c1cc2c(O)c(c1)Cc1cc(C(C)(C)C)cc3c1OCC(=O)NCCCCNC(=O)COc1c(cc(C(C)(C)C)cc1Cc1cc(C(C)(C)C)cc(c1O)C3)C2. The Labute approximate surface area is 358 Å². The summed E-state index contributed by atoms with van der Waals surface area (Å²) in [6.07, 6.45) is 2.73. The topological polar surface area (TPSA) is 117 Å². The van der Waals surface area contributed by atoms with Crippen molar-refractivity contribution >= 4 is 11.8 Å². The van der Waals surface area contributed by atoms with E-state index in [4.69, 9.17) is 9.47 Å². The minimum atomic E-state index is -0.249. The molecule has 8 nitrogen and oxygen atoms in total. The Morgan fingerprint density at radius 2 is 0.650 bits per heavy atom. The molecule has 0 spiro atoms. The van der Waals surface area contributed by atoms with Crippen LogP contribution in [0.1, 0.15) is 163 Å². The van der Waals surface area contributed by atoms with Crippen molar-refractivity contribution in [2.75, 3.05) is 26.3 Å². The quantitative estimate of drug-likeness (QED) is 0.124. The number of ether oxygens (including phenoxy) is 2. The number of carbonyl (C=O) groups is 2. The molecule has 0 fully saturated rings. The van der Waals surface area contributed by atoms with E-state index in [9.17, 15) is 19.8 Å². The molecule has 8 heteroatoms. The number of hydrogen-bond acceptors (Lipinski definition) is 6. The van der Waals surface area contributed by atoms with Gasteiger partial charge in [-0.15, -0.1) is 0 Å². The van der Waals surface area contributed by atoms with Crippen LogP contribution in [-0.4, -0.2) is 48.3 Å². The number of nitrogens with one attached hydrogen (secondary N) is 2. The van der Waals surface area contributed by atoms with E-state index in [2.05, 4.69) is 142 Å². The summed E-state index contributed by atoms with van der Waals surface area (Å²) in [6.45, 7) is 26.6. The summed E-state index contributed by atoms with van der Waals surface area (Å²) in [7, 11) is 0. The highest BCUT2D eigenvalue weighted by atomic mass is 16.5. The van der Waals surface area contributed by atoms with Crippen molar-refractivity contribution in [3.05, 3.63) is 115 Å². The Hall–Kier alpha value is -4.98. The highest BCUT2D eigenvalue weighted by Crippen LogP contribution is 2.43. The van der Waals surface area contributed by atoms with Crippen LogP contribution in [0, 0.1) is 0 Å². The number of carbonyl (C=O) groups excluding carboxylic acids is 2. The highest BCUT2D eigenvalue weighted by molar-refractivity contribution is 5.78. The van der Waals surface area contributed by atoms with E-state index >= 15 is 0 Å². The van der Waals surface area contributed by atoms with Crippen LogP contribution >= 0.6 is 0 Å². The van der Waals surface area contributed by atoms with E-state index < -0.39 is 0 Å². The summed E-state index contributed by atoms with van der Waals surface area (Å²) < 4.78 is 13.3. The molecule has 4 N–H and O–H groups in total. The van der Waals surface area contributed by atoms with Gasteiger partial charge in [-0.1, -0.05) is 132 Å². The molecule has 0 saturated heterocycles. The smallest absolute Gasteiger partial charge is 0.257 e. The molecule has 2 amide bonds. The van der Waals surface area contributed by atoms with Crippen molar-refractivity contribution in [2.45, 2.75) is 143 Å². The average molecular weight is 817 g/mol. The molecule has 1 aliphatic carbocycles. The molecule has 10 bridgehead atoms. The van der Waals surface area contributed by atoms with Crippen LogP contribution in [0.25, 0.3) is 0 Å². The lowest BCUT2D eigenvalue weighted by Gasteiger charge is -2.28. The molecule has 60 heavy (non-hydrogen) atoms. The lowest BCUT2D eigenvalue weighted by Crippen LogP contribution is -2.32. The zero-order valence-corrected chi connectivity index (χ0v) is 38.2. The van der Waals surface area contributed by atoms with Gasteiger partial charge in [0.1, 0.15) is 23.0 Å². The van der Waals surface area contributed by atoms with Crippen LogP contribution < -0.4 is 20.1 Å². The number of benzene rings is 4. The first kappa shape index (κ1) is 44.6. The van der Waals surface area contributed by atoms with E-state index in [1.807, 2.05) is 0 Å². The third-order valence-corrected chi connectivity index (χ3v) is 12.0. The van der Waals surface area contributed by atoms with Gasteiger partial charge in [0.05, 0.1) is 0 Å². The zero-order chi connectivity index (χ0) is 43.9. The van der Waals surface area contributed by atoms with Gasteiger partial charge in [0.25, 0.3) is 11.8 Å². The van der Waals surface area contributed by atoms with Crippen molar-refractivity contribution in [2.24, 2.45) is 0 Å². The molecule has 2 aliphatic rings. The van der Waals surface area contributed by atoms with Crippen LogP contribution in [0.4, 0.5) is 0 Å². The van der Waals surface area contributed by atoms with Gasteiger partial charge >= 0.3 is 0 Å². The van der Waals surface area contributed by atoms with Crippen LogP contribution in [0.5, 0.6) is 23.0 Å². The number of aromatic hydroxyl groups is 2. The Balaban J connectivity index is 1.75. The number of amides is 2. The molecule has 0 aromatic heterocycles. The number of rotatable bonds is 0. The first-order valence-corrected chi connectivity index (χ1v) is 21.7. The van der Waals surface area contributed by atoms with Crippen molar-refractivity contribution < 1.29 is 29.3 Å². The molecule has 322 valence electrons. The summed E-state index contributed by atoms with van der Waals surface area (Å²) >= 11 is 0. The van der Waals surface area contributed by atoms with Gasteiger partial charge in [0, 0.05) is 38.8 Å². The number of hydrogen-bond donors (Lipinski definition) is 4. The average Bonchev–Trinajstić information content (AvgIpc) is 3.12. The molecule has 4 aromatic carbocycles. The van der Waals surface area contributed by atoms with E-state index in [1.165, 1.54) is 0 Å². The van der Waals surface area contributed by atoms with Crippen molar-refractivity contribution in [1.29, 1.82) is 0 Å². The number of phenols is 2. The van der Waals surface area contributed by atoms with Gasteiger partial charge in [0.2, 0.25) is 0 Å². The summed E-state index contributed by atoms with van der Waals surface area (Å²) in [6, 6.07) is 17.0. The van der Waals surface area contributed by atoms with Crippen LogP contribution in [-0.2, 0) is 56.9 Å². The lowest BCUT2D eigenvalue weighted by atomic mass is 9.79. The predicted molar refractivity (Wildman–Crippen MR) is 241 cm³/mol. The minimum absolute atomic E-state index is 0.191. The third-order valence-electron chi connectivity index (χ3n) is 12.0. The molecule has 0 unspecified atom stereocenters. The fourth-order valence-electron chi connectivity index (χ4n) is 8.10. The van der Waals surface area contributed by atoms with Crippen LogP contribution in [0.15, 0.2) is 48.5 Å². The summed E-state index contributed by atoms with van der Waals surface area (Å²) in [5, 5.41) is 30.9. The van der Waals surface area contributed by atoms with Crippen molar-refractivity contribution in [3.8, 4) is 23.0 Å². The molecule has 4 aromatic rings. The summed E-state index contributed by atoms with van der Waals surface area (Å²) in [4.78, 5) is 26.7. The second-order valence-corrected chi connectivity index (χ2v) is 21.2. The zero-order valence-electron chi connectivity index (χ0n) is 38.2. The van der Waals surface area contributed by atoms with Gasteiger partial charge in [0.15, 0.2) is 13.2 Å². The second-order valence-electron chi connectivity index (χ2n) is 21.2. The Morgan fingerprint density at radius 1 is 0.417 bits per heavy atom. The van der Waals surface area contributed by atoms with Gasteiger partial charge in [-0.25, -0.2) is 0 Å². The van der Waals surface area contributed by atoms with Gasteiger partial charge in [-0.2, -0.15) is 0 Å². The first-order valence-electron chi connectivity index (χ1n) is 21.7. The monoisotopic (exact) mass is 817 g/mol. The van der Waals surface area contributed by atoms with Gasteiger partial charge < -0.3 is 30.3 Å². The van der Waals surface area contributed by atoms with Crippen molar-refractivity contribution in [1.82, 2.24) is 10.6 Å². The number of phenolic OH excluding ortho intramolecular Hbond substituents is 2. The molecular weight excluding hydrogens is 749 g/mol. The maximum absolute atomic E-state index is 13.4. The molecule has 0 atom stereocenters. The summed E-state index contributed by atoms with van der Waals surface area (Å²) in [5.41, 5.74) is 9.73. The van der Waals surface area contributed by atoms with E-state index in [0.29, 0.717) is 63.1 Å². The van der Waals surface area contributed by atoms with E-state index in [1.54, 1.807) is 0 Å². The molecule has 0 radical (unpaired) electrons. The number of fused-ring (bicyclic) bond motifs is 2. The summed E-state index contributed by atoms with van der Waals surface area (Å²) in [5.74, 6) is 1.05. The maximum Gasteiger partial charge on any atom is 0.257 e. The normalized spacial score (nSPS) is 16.1. The Bertz CT molecular complexity index is 2020. The van der Waals surface area contributed by atoms with E-state index in [0.717, 1.165) is 66.8 Å². The third kappa shape index (κ3) is 10.3. The Morgan fingerprint density at radius 3 is 0.883 bits per heavy atom. The molecular formula is C52H68N2O6. The maximum atomic E-state index is 13.4. The molecule has 1 aliphatic heterocycles. The molecule has 1 heterocycles. The largest absolute Gasteiger partial charge is 0.507 e. The minimum Gasteiger partial charge on any atom is -0.507 e. The fourth-order valence-corrected chi connectivity index (χ4v) is 8.10. The second kappa shape index (κ2) is 16.8. The van der Waals surface area contributed by atoms with Crippen LogP contribution in [0.3, 0.4) is 0 Å². The Kier molecular flexibility index (Phi) is 12.5.